The number of rotatable bonds is 5. The Morgan fingerprint density at radius 2 is 1.36 bits per heavy atom. The zero-order chi connectivity index (χ0) is 19.5. The molecule has 4 aromatic rings. The molecule has 3 N–H and O–H groups in total. The fraction of sp³-hybridized carbons (Fsp3) is 0.0870. The average molecular weight is 369 g/mol. The summed E-state index contributed by atoms with van der Waals surface area (Å²) < 4.78 is 0. The fourth-order valence-electron chi connectivity index (χ4n) is 3.16. The van der Waals surface area contributed by atoms with E-state index in [0.29, 0.717) is 5.52 Å². The minimum absolute atomic E-state index is 0.244. The Hall–Kier alpha value is -3.57. The average Bonchev–Trinajstić information content (AvgIpc) is 2.74. The van der Waals surface area contributed by atoms with Crippen LogP contribution in [0.4, 0.5) is 0 Å². The van der Waals surface area contributed by atoms with Crippen molar-refractivity contribution in [2.75, 3.05) is 0 Å². The number of hydrogen-bond acceptors (Lipinski definition) is 4. The smallest absolute Gasteiger partial charge is 0.320 e. The van der Waals surface area contributed by atoms with Crippen molar-refractivity contribution in [1.29, 1.82) is 0 Å². The maximum absolute atomic E-state index is 11.1. The van der Waals surface area contributed by atoms with Crippen LogP contribution < -0.4 is 5.73 Å². The Kier molecular flexibility index (Phi) is 4.83. The Bertz CT molecular complexity index is 1130. The molecule has 1 heterocycles. The predicted octanol–water partition coefficient (Wildman–Crippen LogP) is 3.92. The van der Waals surface area contributed by atoms with Crippen LogP contribution in [0.25, 0.3) is 33.5 Å². The molecule has 0 fully saturated rings. The van der Waals surface area contributed by atoms with Crippen molar-refractivity contribution in [3.8, 4) is 22.5 Å². The summed E-state index contributed by atoms with van der Waals surface area (Å²) in [4.78, 5) is 20.8. The highest BCUT2D eigenvalue weighted by Gasteiger charge is 2.15. The highest BCUT2D eigenvalue weighted by atomic mass is 16.4. The molecule has 0 amide bonds. The molecule has 0 aliphatic heterocycles. The third-order valence-electron chi connectivity index (χ3n) is 4.60. The van der Waals surface area contributed by atoms with E-state index in [1.165, 1.54) is 0 Å². The van der Waals surface area contributed by atoms with Crippen molar-refractivity contribution in [3.63, 3.8) is 0 Å². The Balaban J connectivity index is 1.88. The summed E-state index contributed by atoms with van der Waals surface area (Å²) >= 11 is 0. The lowest BCUT2D eigenvalue weighted by molar-refractivity contribution is -0.138. The van der Waals surface area contributed by atoms with Crippen molar-refractivity contribution in [3.05, 3.63) is 84.4 Å². The van der Waals surface area contributed by atoms with Crippen LogP contribution in [-0.2, 0) is 11.2 Å². The van der Waals surface area contributed by atoms with Crippen molar-refractivity contribution >= 4 is 17.0 Å². The molecule has 1 unspecified atom stereocenters. The highest BCUT2D eigenvalue weighted by molar-refractivity contribution is 5.86. The SMILES string of the molecule is NC(Cc1ccc2nc(-c3ccccc3)c(-c3ccccc3)nc2c1)C(=O)O. The van der Waals surface area contributed by atoms with Gasteiger partial charge in [-0.15, -0.1) is 0 Å². The number of carbonyl (C=O) groups is 1. The van der Waals surface area contributed by atoms with Gasteiger partial charge in [-0.05, 0) is 24.1 Å². The Morgan fingerprint density at radius 3 is 1.89 bits per heavy atom. The van der Waals surface area contributed by atoms with Crippen LogP contribution in [0.3, 0.4) is 0 Å². The molecule has 0 spiro atoms. The second-order valence-corrected chi connectivity index (χ2v) is 6.62. The number of nitrogens with zero attached hydrogens (tertiary/aromatic N) is 2. The van der Waals surface area contributed by atoms with Crippen LogP contribution in [0.15, 0.2) is 78.9 Å². The van der Waals surface area contributed by atoms with E-state index in [4.69, 9.17) is 20.8 Å². The zero-order valence-electron chi connectivity index (χ0n) is 15.1. The summed E-state index contributed by atoms with van der Waals surface area (Å²) in [6, 6.07) is 24.5. The summed E-state index contributed by atoms with van der Waals surface area (Å²) in [6.07, 6.45) is 0.244. The molecule has 0 saturated heterocycles. The molecule has 138 valence electrons. The summed E-state index contributed by atoms with van der Waals surface area (Å²) in [5.41, 5.74) is 11.5. The second-order valence-electron chi connectivity index (χ2n) is 6.62. The summed E-state index contributed by atoms with van der Waals surface area (Å²) in [5.74, 6) is -1.02. The molecule has 1 aromatic heterocycles. The molecule has 0 bridgehead atoms. The van der Waals surface area contributed by atoms with Gasteiger partial charge in [-0.3, -0.25) is 4.79 Å². The number of aliphatic carboxylic acids is 1. The lowest BCUT2D eigenvalue weighted by Crippen LogP contribution is -2.32. The van der Waals surface area contributed by atoms with Crippen LogP contribution in [0.5, 0.6) is 0 Å². The lowest BCUT2D eigenvalue weighted by atomic mass is 10.0. The molecule has 5 heteroatoms. The van der Waals surface area contributed by atoms with E-state index in [9.17, 15) is 4.79 Å². The van der Waals surface area contributed by atoms with Gasteiger partial charge in [-0.25, -0.2) is 9.97 Å². The van der Waals surface area contributed by atoms with Gasteiger partial charge >= 0.3 is 5.97 Å². The van der Waals surface area contributed by atoms with E-state index in [-0.39, 0.29) is 6.42 Å². The van der Waals surface area contributed by atoms with Crippen LogP contribution in [-0.4, -0.2) is 27.1 Å². The number of fused-ring (bicyclic) bond motifs is 1. The minimum Gasteiger partial charge on any atom is -0.480 e. The largest absolute Gasteiger partial charge is 0.480 e. The van der Waals surface area contributed by atoms with Gasteiger partial charge in [0.25, 0.3) is 0 Å². The first-order valence-corrected chi connectivity index (χ1v) is 9.02. The quantitative estimate of drug-likeness (QED) is 0.557. The fourth-order valence-corrected chi connectivity index (χ4v) is 3.16. The maximum atomic E-state index is 11.1. The van der Waals surface area contributed by atoms with E-state index in [0.717, 1.165) is 33.6 Å². The van der Waals surface area contributed by atoms with Crippen molar-refractivity contribution < 1.29 is 9.90 Å². The topological polar surface area (TPSA) is 89.1 Å². The number of aromatic nitrogens is 2. The van der Waals surface area contributed by atoms with Gasteiger partial charge in [0.1, 0.15) is 6.04 Å². The lowest BCUT2D eigenvalue weighted by Gasteiger charge is -2.12. The standard InChI is InChI=1S/C23H19N3O2/c24-18(23(27)28)13-15-11-12-19-20(14-15)26-22(17-9-5-2-6-10-17)21(25-19)16-7-3-1-4-8-16/h1-12,14,18H,13,24H2,(H,27,28). The number of nitrogens with two attached hydrogens (primary N) is 1. The number of carboxylic acids is 1. The highest BCUT2D eigenvalue weighted by Crippen LogP contribution is 2.31. The maximum Gasteiger partial charge on any atom is 0.320 e. The first-order valence-electron chi connectivity index (χ1n) is 9.02. The summed E-state index contributed by atoms with van der Waals surface area (Å²) in [5, 5.41) is 9.06. The second kappa shape index (κ2) is 7.58. The molecule has 0 aliphatic rings. The molecule has 0 radical (unpaired) electrons. The van der Waals surface area contributed by atoms with E-state index < -0.39 is 12.0 Å². The first-order chi connectivity index (χ1) is 13.6. The van der Waals surface area contributed by atoms with Gasteiger partial charge in [0.15, 0.2) is 0 Å². The van der Waals surface area contributed by atoms with E-state index in [1.54, 1.807) is 0 Å². The minimum atomic E-state index is -1.02. The zero-order valence-corrected chi connectivity index (χ0v) is 15.1. The van der Waals surface area contributed by atoms with Gasteiger partial charge in [0, 0.05) is 11.1 Å². The third-order valence-corrected chi connectivity index (χ3v) is 4.60. The molecule has 5 nitrogen and oxygen atoms in total. The molecule has 1 atom stereocenters. The predicted molar refractivity (Wildman–Crippen MR) is 110 cm³/mol. The first kappa shape index (κ1) is 17.8. The molecular formula is C23H19N3O2. The number of hydrogen-bond donors (Lipinski definition) is 2. The molecule has 3 aromatic carbocycles. The van der Waals surface area contributed by atoms with Gasteiger partial charge in [-0.2, -0.15) is 0 Å². The molecule has 0 saturated carbocycles. The molecule has 28 heavy (non-hydrogen) atoms. The van der Waals surface area contributed by atoms with Gasteiger partial charge in [-0.1, -0.05) is 66.7 Å². The summed E-state index contributed by atoms with van der Waals surface area (Å²) in [6.45, 7) is 0. The third kappa shape index (κ3) is 3.61. The van der Waals surface area contributed by atoms with Crippen molar-refractivity contribution in [2.45, 2.75) is 12.5 Å². The van der Waals surface area contributed by atoms with Gasteiger partial charge < -0.3 is 10.8 Å². The number of benzene rings is 3. The van der Waals surface area contributed by atoms with Crippen LogP contribution in [0, 0.1) is 0 Å². The van der Waals surface area contributed by atoms with E-state index in [1.807, 2.05) is 78.9 Å². The Labute approximate surface area is 162 Å². The van der Waals surface area contributed by atoms with Crippen LogP contribution in [0.2, 0.25) is 0 Å². The Morgan fingerprint density at radius 1 is 0.821 bits per heavy atom. The number of carboxylic acid groups (broad SMARTS) is 1. The van der Waals surface area contributed by atoms with Gasteiger partial charge in [0.05, 0.1) is 22.4 Å². The molecule has 0 aliphatic carbocycles. The van der Waals surface area contributed by atoms with Gasteiger partial charge in [0.2, 0.25) is 0 Å². The van der Waals surface area contributed by atoms with Crippen molar-refractivity contribution in [2.24, 2.45) is 5.73 Å². The molecular weight excluding hydrogens is 350 g/mol. The van der Waals surface area contributed by atoms with E-state index in [2.05, 4.69) is 0 Å². The van der Waals surface area contributed by atoms with Crippen LogP contribution in [0.1, 0.15) is 5.56 Å². The monoisotopic (exact) mass is 369 g/mol. The molecule has 4 rings (SSSR count). The van der Waals surface area contributed by atoms with Crippen molar-refractivity contribution in [1.82, 2.24) is 9.97 Å². The summed E-state index contributed by atoms with van der Waals surface area (Å²) in [7, 11) is 0. The normalized spacial score (nSPS) is 12.0. The van der Waals surface area contributed by atoms with Crippen LogP contribution >= 0.6 is 0 Å². The van der Waals surface area contributed by atoms with E-state index >= 15 is 0 Å².